The molecule has 0 saturated carbocycles. The average Bonchev–Trinajstić information content (AvgIpc) is 3.30. The number of carbonyl (C=O) groups is 1. The molecule has 0 bridgehead atoms. The molecule has 4 aromatic rings. The number of hydrogen-bond donors (Lipinski definition) is 2. The van der Waals surface area contributed by atoms with E-state index in [1.54, 1.807) is 25.6 Å². The van der Waals surface area contributed by atoms with E-state index in [0.29, 0.717) is 24.1 Å². The molecule has 0 spiro atoms. The molecule has 0 aliphatic carbocycles. The highest BCUT2D eigenvalue weighted by molar-refractivity contribution is 7.17. The van der Waals surface area contributed by atoms with Crippen molar-refractivity contribution in [3.8, 4) is 5.88 Å². The van der Waals surface area contributed by atoms with Crippen molar-refractivity contribution in [2.75, 3.05) is 12.4 Å². The van der Waals surface area contributed by atoms with Crippen molar-refractivity contribution in [2.45, 2.75) is 25.9 Å². The molecule has 8 nitrogen and oxygen atoms in total. The molecule has 0 radical (unpaired) electrons. The van der Waals surface area contributed by atoms with Crippen LogP contribution >= 0.6 is 11.3 Å². The van der Waals surface area contributed by atoms with Crippen molar-refractivity contribution in [2.24, 2.45) is 0 Å². The number of ether oxygens (including phenoxy) is 1. The number of fused-ring (bicyclic) bond motifs is 1. The molecule has 1 amide bonds. The fourth-order valence-electron chi connectivity index (χ4n) is 3.14. The number of carbonyl (C=O) groups excluding carboxylic acids is 1. The third-order valence-corrected chi connectivity index (χ3v) is 5.69. The highest BCUT2D eigenvalue weighted by Gasteiger charge is 2.18. The normalized spacial score (nSPS) is 11.8. The van der Waals surface area contributed by atoms with Crippen LogP contribution < -0.4 is 15.4 Å². The van der Waals surface area contributed by atoms with E-state index in [1.807, 2.05) is 35.8 Å². The number of rotatable bonds is 8. The molecule has 158 valence electrons. The van der Waals surface area contributed by atoms with Crippen LogP contribution in [0.3, 0.4) is 0 Å². The van der Waals surface area contributed by atoms with Gasteiger partial charge < -0.3 is 15.4 Å². The van der Waals surface area contributed by atoms with Crippen LogP contribution in [0.15, 0.2) is 54.3 Å². The van der Waals surface area contributed by atoms with Gasteiger partial charge in [-0.25, -0.2) is 15.0 Å². The Bertz CT molecular complexity index is 1160. The Balaban J connectivity index is 1.55. The number of aromatic nitrogens is 4. The molecular formula is C22H22N6O2S. The summed E-state index contributed by atoms with van der Waals surface area (Å²) in [6, 6.07) is 9.41. The van der Waals surface area contributed by atoms with Crippen LogP contribution in [-0.4, -0.2) is 33.0 Å². The summed E-state index contributed by atoms with van der Waals surface area (Å²) < 4.78 is 5.82. The SMILES string of the molecule is CCC(Nc1nc(C(=O)NCc2ccc(OC)nc2)c2sccc2n1)c1cccnc1. The molecule has 1 unspecified atom stereocenters. The second-order valence-corrected chi connectivity index (χ2v) is 7.73. The molecule has 9 heteroatoms. The minimum absolute atomic E-state index is 0.00827. The highest BCUT2D eigenvalue weighted by Crippen LogP contribution is 2.26. The summed E-state index contributed by atoms with van der Waals surface area (Å²) in [5.74, 6) is 0.682. The van der Waals surface area contributed by atoms with Gasteiger partial charge in [-0.3, -0.25) is 9.78 Å². The molecule has 4 aromatic heterocycles. The Labute approximate surface area is 183 Å². The van der Waals surface area contributed by atoms with Crippen molar-refractivity contribution in [1.82, 2.24) is 25.3 Å². The molecule has 31 heavy (non-hydrogen) atoms. The van der Waals surface area contributed by atoms with Crippen LogP contribution in [0.25, 0.3) is 10.2 Å². The minimum Gasteiger partial charge on any atom is -0.481 e. The molecule has 2 N–H and O–H groups in total. The zero-order chi connectivity index (χ0) is 21.6. The smallest absolute Gasteiger partial charge is 0.271 e. The van der Waals surface area contributed by atoms with Crippen molar-refractivity contribution in [3.63, 3.8) is 0 Å². The second kappa shape index (κ2) is 9.48. The maximum Gasteiger partial charge on any atom is 0.271 e. The number of pyridine rings is 2. The first-order chi connectivity index (χ1) is 15.2. The monoisotopic (exact) mass is 434 g/mol. The van der Waals surface area contributed by atoms with Crippen molar-refractivity contribution in [3.05, 3.63) is 71.1 Å². The minimum atomic E-state index is -0.261. The van der Waals surface area contributed by atoms with Crippen molar-refractivity contribution < 1.29 is 9.53 Å². The lowest BCUT2D eigenvalue weighted by Gasteiger charge is -2.17. The molecule has 0 aliphatic heterocycles. The molecule has 0 aromatic carbocycles. The quantitative estimate of drug-likeness (QED) is 0.432. The van der Waals surface area contributed by atoms with E-state index < -0.39 is 0 Å². The lowest BCUT2D eigenvalue weighted by Crippen LogP contribution is -2.25. The van der Waals surface area contributed by atoms with Gasteiger partial charge >= 0.3 is 0 Å². The van der Waals surface area contributed by atoms with E-state index in [2.05, 4.69) is 37.5 Å². The van der Waals surface area contributed by atoms with Crippen LogP contribution in [0.4, 0.5) is 5.95 Å². The van der Waals surface area contributed by atoms with E-state index in [9.17, 15) is 4.79 Å². The predicted molar refractivity (Wildman–Crippen MR) is 120 cm³/mol. The van der Waals surface area contributed by atoms with Gasteiger partial charge in [0.1, 0.15) is 0 Å². The first-order valence-electron chi connectivity index (χ1n) is 9.86. The maximum atomic E-state index is 13.0. The first-order valence-corrected chi connectivity index (χ1v) is 10.7. The highest BCUT2D eigenvalue weighted by atomic mass is 32.1. The predicted octanol–water partition coefficient (Wildman–Crippen LogP) is 3.98. The average molecular weight is 435 g/mol. The van der Waals surface area contributed by atoms with Crippen LogP contribution in [0.1, 0.15) is 41.0 Å². The third-order valence-electron chi connectivity index (χ3n) is 4.78. The maximum absolute atomic E-state index is 13.0. The van der Waals surface area contributed by atoms with E-state index in [1.165, 1.54) is 11.3 Å². The molecule has 4 rings (SSSR count). The number of thiophene rings is 1. The molecule has 1 atom stereocenters. The molecule has 0 saturated heterocycles. The summed E-state index contributed by atoms with van der Waals surface area (Å²) >= 11 is 1.45. The van der Waals surface area contributed by atoms with Gasteiger partial charge in [0.2, 0.25) is 11.8 Å². The molecule has 4 heterocycles. The van der Waals surface area contributed by atoms with Gasteiger partial charge in [0.05, 0.1) is 23.4 Å². The summed E-state index contributed by atoms with van der Waals surface area (Å²) in [5.41, 5.74) is 2.99. The van der Waals surface area contributed by atoms with Gasteiger partial charge in [-0.2, -0.15) is 0 Å². The Hall–Kier alpha value is -3.59. The number of nitrogens with zero attached hydrogens (tertiary/aromatic N) is 4. The molecule has 0 aliphatic rings. The Morgan fingerprint density at radius 3 is 2.81 bits per heavy atom. The summed E-state index contributed by atoms with van der Waals surface area (Å²) in [5, 5.41) is 8.18. The van der Waals surface area contributed by atoms with Gasteiger partial charge in [-0.1, -0.05) is 19.1 Å². The van der Waals surface area contributed by atoms with Crippen LogP contribution in [0.5, 0.6) is 5.88 Å². The van der Waals surface area contributed by atoms with Crippen LogP contribution in [0.2, 0.25) is 0 Å². The standard InChI is InChI=1S/C22H22N6O2S/c1-3-16(15-5-4-9-23-13-15)26-22-27-17-8-10-31-20(17)19(28-22)21(29)25-12-14-6-7-18(30-2)24-11-14/h4-11,13,16H,3,12H2,1-2H3,(H,25,29)(H,26,27,28). The van der Waals surface area contributed by atoms with E-state index >= 15 is 0 Å². The third kappa shape index (κ3) is 4.77. The Kier molecular flexibility index (Phi) is 6.32. The van der Waals surface area contributed by atoms with E-state index in [0.717, 1.165) is 27.8 Å². The zero-order valence-electron chi connectivity index (χ0n) is 17.2. The topological polar surface area (TPSA) is 102 Å². The fourth-order valence-corrected chi connectivity index (χ4v) is 3.96. The number of hydrogen-bond acceptors (Lipinski definition) is 8. The van der Waals surface area contributed by atoms with E-state index in [-0.39, 0.29) is 11.9 Å². The number of amides is 1. The number of nitrogens with one attached hydrogen (secondary N) is 2. The lowest BCUT2D eigenvalue weighted by atomic mass is 10.1. The summed E-state index contributed by atoms with van der Waals surface area (Å²) in [6.07, 6.45) is 6.06. The van der Waals surface area contributed by atoms with Gasteiger partial charge in [-0.05, 0) is 35.1 Å². The Morgan fingerprint density at radius 1 is 1.19 bits per heavy atom. The summed E-state index contributed by atoms with van der Waals surface area (Å²) in [6.45, 7) is 2.41. The largest absolute Gasteiger partial charge is 0.481 e. The van der Waals surface area contributed by atoms with Crippen molar-refractivity contribution in [1.29, 1.82) is 0 Å². The molecular weight excluding hydrogens is 412 g/mol. The van der Waals surface area contributed by atoms with Gasteiger partial charge in [0.25, 0.3) is 5.91 Å². The van der Waals surface area contributed by atoms with Crippen LogP contribution in [-0.2, 0) is 6.54 Å². The Morgan fingerprint density at radius 2 is 2.10 bits per heavy atom. The second-order valence-electron chi connectivity index (χ2n) is 6.81. The number of methoxy groups -OCH3 is 1. The summed E-state index contributed by atoms with van der Waals surface area (Å²) in [4.78, 5) is 30.4. The van der Waals surface area contributed by atoms with Gasteiger partial charge in [0, 0.05) is 31.2 Å². The first kappa shape index (κ1) is 20.7. The van der Waals surface area contributed by atoms with Gasteiger partial charge in [-0.15, -0.1) is 11.3 Å². The van der Waals surface area contributed by atoms with Crippen molar-refractivity contribution >= 4 is 33.4 Å². The van der Waals surface area contributed by atoms with Gasteiger partial charge in [0.15, 0.2) is 5.69 Å². The fraction of sp³-hybridized carbons (Fsp3) is 0.227. The molecule has 0 fully saturated rings. The van der Waals surface area contributed by atoms with Crippen LogP contribution in [0, 0.1) is 0 Å². The summed E-state index contributed by atoms with van der Waals surface area (Å²) in [7, 11) is 1.56. The van der Waals surface area contributed by atoms with E-state index in [4.69, 9.17) is 4.74 Å². The zero-order valence-corrected chi connectivity index (χ0v) is 18.0. The number of anilines is 1. The lowest BCUT2D eigenvalue weighted by molar-refractivity contribution is 0.0948.